The van der Waals surface area contributed by atoms with E-state index >= 15 is 0 Å². The fraction of sp³-hybridized carbons (Fsp3) is 0.300. The molecule has 0 spiro atoms. The van der Waals surface area contributed by atoms with Crippen LogP contribution in [0.15, 0.2) is 24.3 Å². The highest BCUT2D eigenvalue weighted by molar-refractivity contribution is 8.68. The van der Waals surface area contributed by atoms with Gasteiger partial charge in [-0.1, -0.05) is 35.1 Å². The quantitative estimate of drug-likeness (QED) is 0.471. The van der Waals surface area contributed by atoms with Crippen LogP contribution in [0.2, 0.25) is 0 Å². The van der Waals surface area contributed by atoms with Crippen LogP contribution < -0.4 is 0 Å². The zero-order chi connectivity index (χ0) is 11.1. The normalized spacial score (nSPS) is 10.0. The summed E-state index contributed by atoms with van der Waals surface area (Å²) in [6, 6.07) is 7.29. The number of aliphatic hydroxyl groups excluding tert-OH is 1. The van der Waals surface area contributed by atoms with Crippen LogP contribution >= 0.6 is 22.5 Å². The van der Waals surface area contributed by atoms with Crippen LogP contribution in [0.1, 0.15) is 11.1 Å². The van der Waals surface area contributed by atoms with Crippen LogP contribution in [0.25, 0.3) is 0 Å². The first-order valence-electron chi connectivity index (χ1n) is 4.37. The average Bonchev–Trinajstić information content (AvgIpc) is 2.27. The molecule has 3 nitrogen and oxygen atoms in total. The summed E-state index contributed by atoms with van der Waals surface area (Å²) in [4.78, 5) is 11.0. The number of rotatable bonds is 5. The number of hydrogen-bond acceptors (Lipinski definition) is 5. The molecular weight excluding hydrogens is 232 g/mol. The van der Waals surface area contributed by atoms with Crippen molar-refractivity contribution in [1.82, 2.24) is 0 Å². The van der Waals surface area contributed by atoms with E-state index < -0.39 is 0 Å². The van der Waals surface area contributed by atoms with Gasteiger partial charge >= 0.3 is 5.97 Å². The van der Waals surface area contributed by atoms with E-state index in [0.29, 0.717) is 0 Å². The molecule has 0 atom stereocenters. The summed E-state index contributed by atoms with van der Waals surface area (Å²) in [6.07, 6.45) is 0. The predicted molar refractivity (Wildman–Crippen MR) is 63.6 cm³/mol. The van der Waals surface area contributed by atoms with E-state index in [1.165, 1.54) is 0 Å². The summed E-state index contributed by atoms with van der Waals surface area (Å²) in [5.41, 5.74) is 1.69. The summed E-state index contributed by atoms with van der Waals surface area (Å²) < 4.78 is 4.98. The average molecular weight is 244 g/mol. The molecule has 0 fully saturated rings. The van der Waals surface area contributed by atoms with E-state index in [1.54, 1.807) is 6.07 Å². The van der Waals surface area contributed by atoms with Crippen molar-refractivity contribution in [3.63, 3.8) is 0 Å². The van der Waals surface area contributed by atoms with Gasteiger partial charge in [0.2, 0.25) is 0 Å². The van der Waals surface area contributed by atoms with Crippen molar-refractivity contribution in [1.29, 1.82) is 0 Å². The van der Waals surface area contributed by atoms with Crippen LogP contribution in [0.4, 0.5) is 0 Å². The van der Waals surface area contributed by atoms with Gasteiger partial charge in [0.05, 0.1) is 6.61 Å². The van der Waals surface area contributed by atoms with Crippen molar-refractivity contribution in [3.8, 4) is 0 Å². The molecule has 1 aromatic rings. The number of benzene rings is 1. The number of esters is 1. The van der Waals surface area contributed by atoms with Gasteiger partial charge in [-0.25, -0.2) is 0 Å². The number of hydrogen-bond donors (Lipinski definition) is 2. The van der Waals surface area contributed by atoms with Gasteiger partial charge in [0.25, 0.3) is 0 Å². The van der Waals surface area contributed by atoms with Crippen molar-refractivity contribution in [2.45, 2.75) is 13.2 Å². The smallest absolute Gasteiger partial charge is 0.317 e. The van der Waals surface area contributed by atoms with Gasteiger partial charge in [0.1, 0.15) is 12.4 Å². The van der Waals surface area contributed by atoms with Crippen molar-refractivity contribution in [2.24, 2.45) is 0 Å². The Morgan fingerprint density at radius 1 is 1.47 bits per heavy atom. The summed E-state index contributed by atoms with van der Waals surface area (Å²) in [5, 5.41) is 8.90. The summed E-state index contributed by atoms with van der Waals surface area (Å²) in [6.45, 7) is 0.231. The Balaban J connectivity index is 2.46. The number of carbonyl (C=O) groups is 1. The van der Waals surface area contributed by atoms with Crippen molar-refractivity contribution >= 4 is 28.4 Å². The Labute approximate surface area is 97.6 Å². The van der Waals surface area contributed by atoms with Gasteiger partial charge in [0.15, 0.2) is 0 Å². The Morgan fingerprint density at radius 3 is 2.87 bits per heavy atom. The number of ether oxygens (including phenoxy) is 1. The third-order valence-corrected chi connectivity index (χ3v) is 2.51. The first-order chi connectivity index (χ1) is 7.26. The second-order valence-electron chi connectivity index (χ2n) is 2.91. The van der Waals surface area contributed by atoms with E-state index in [9.17, 15) is 4.79 Å². The van der Waals surface area contributed by atoms with Crippen molar-refractivity contribution in [2.75, 3.05) is 5.75 Å². The zero-order valence-corrected chi connectivity index (χ0v) is 9.76. The Kier molecular flexibility index (Phi) is 5.60. The minimum atomic E-state index is -0.288. The second-order valence-corrected chi connectivity index (χ2v) is 4.23. The number of carbonyl (C=O) groups excluding carboxylic acids is 1. The van der Waals surface area contributed by atoms with Gasteiger partial charge in [-0.05, 0) is 11.1 Å². The first-order valence-corrected chi connectivity index (χ1v) is 6.40. The van der Waals surface area contributed by atoms with E-state index in [2.05, 4.69) is 11.7 Å². The largest absolute Gasteiger partial charge is 0.460 e. The highest BCUT2D eigenvalue weighted by Crippen LogP contribution is 2.09. The van der Waals surface area contributed by atoms with E-state index in [1.807, 2.05) is 18.2 Å². The third-order valence-electron chi connectivity index (χ3n) is 1.76. The molecule has 0 aromatic heterocycles. The molecule has 1 rings (SSSR count). The molecule has 15 heavy (non-hydrogen) atoms. The predicted octanol–water partition coefficient (Wildman–Crippen LogP) is 1.80. The molecular formula is C10H12O3S2. The van der Waals surface area contributed by atoms with Crippen molar-refractivity contribution in [3.05, 3.63) is 35.4 Å². The monoisotopic (exact) mass is 244 g/mol. The van der Waals surface area contributed by atoms with Crippen LogP contribution in [-0.4, -0.2) is 16.8 Å². The van der Waals surface area contributed by atoms with Crippen LogP contribution in [-0.2, 0) is 22.7 Å². The second kappa shape index (κ2) is 6.76. The third kappa shape index (κ3) is 4.59. The van der Waals surface area contributed by atoms with E-state index in [4.69, 9.17) is 9.84 Å². The van der Waals surface area contributed by atoms with Gasteiger partial charge in [-0.3, -0.25) is 4.79 Å². The van der Waals surface area contributed by atoms with Gasteiger partial charge in [-0.2, -0.15) is 0 Å². The summed E-state index contributed by atoms with van der Waals surface area (Å²) >= 11 is 3.85. The standard InChI is InChI=1S/C10H12O3S2/c11-5-8-2-1-3-9(4-8)6-13-10(12)7-15-14/h1-4,11,14H,5-7H2. The molecule has 0 saturated carbocycles. The Bertz CT molecular complexity index is 328. The fourth-order valence-electron chi connectivity index (χ4n) is 1.08. The molecule has 0 aliphatic heterocycles. The lowest BCUT2D eigenvalue weighted by Gasteiger charge is -2.04. The number of thiol groups is 1. The fourth-order valence-corrected chi connectivity index (χ4v) is 1.58. The molecule has 0 unspecified atom stereocenters. The maximum absolute atomic E-state index is 11.0. The van der Waals surface area contributed by atoms with Gasteiger partial charge in [-0.15, -0.1) is 11.7 Å². The van der Waals surface area contributed by atoms with Gasteiger partial charge < -0.3 is 9.84 Å². The van der Waals surface area contributed by atoms with Crippen LogP contribution in [0, 0.1) is 0 Å². The first kappa shape index (κ1) is 12.4. The molecule has 5 heteroatoms. The minimum absolute atomic E-state index is 0.00568. The molecule has 0 heterocycles. The zero-order valence-electron chi connectivity index (χ0n) is 8.05. The highest BCUT2D eigenvalue weighted by atomic mass is 33.1. The van der Waals surface area contributed by atoms with Gasteiger partial charge in [0, 0.05) is 0 Å². The van der Waals surface area contributed by atoms with Crippen LogP contribution in [0.3, 0.4) is 0 Å². The summed E-state index contributed by atoms with van der Waals surface area (Å²) in [5.74, 6) is -0.0487. The molecule has 0 radical (unpaired) electrons. The molecule has 0 amide bonds. The molecule has 0 saturated heterocycles. The maximum atomic E-state index is 11.0. The molecule has 0 aliphatic carbocycles. The number of aliphatic hydroxyl groups is 1. The lowest BCUT2D eigenvalue weighted by molar-refractivity contribution is -0.141. The Hall–Kier alpha value is -0.650. The van der Waals surface area contributed by atoms with E-state index in [0.717, 1.165) is 21.9 Å². The molecule has 82 valence electrons. The van der Waals surface area contributed by atoms with Crippen LogP contribution in [0.5, 0.6) is 0 Å². The van der Waals surface area contributed by atoms with Crippen molar-refractivity contribution < 1.29 is 14.6 Å². The Morgan fingerprint density at radius 2 is 2.20 bits per heavy atom. The highest BCUT2D eigenvalue weighted by Gasteiger charge is 2.02. The minimum Gasteiger partial charge on any atom is -0.460 e. The maximum Gasteiger partial charge on any atom is 0.317 e. The lowest BCUT2D eigenvalue weighted by atomic mass is 10.1. The topological polar surface area (TPSA) is 46.5 Å². The van der Waals surface area contributed by atoms with E-state index in [-0.39, 0.29) is 24.9 Å². The SMILES string of the molecule is O=C(CSS)OCc1cccc(CO)c1. The summed E-state index contributed by atoms with van der Waals surface area (Å²) in [7, 11) is 1.13. The molecule has 0 bridgehead atoms. The molecule has 1 N–H and O–H groups in total. The lowest BCUT2D eigenvalue weighted by Crippen LogP contribution is -2.06. The molecule has 0 aliphatic rings. The molecule has 1 aromatic carbocycles.